The molecule has 0 bridgehead atoms. The van der Waals surface area contributed by atoms with Gasteiger partial charge < -0.3 is 14.8 Å². The quantitative estimate of drug-likeness (QED) is 0.837. The van der Waals surface area contributed by atoms with Gasteiger partial charge in [-0.05, 0) is 25.8 Å². The Kier molecular flexibility index (Phi) is 6.39. The Morgan fingerprint density at radius 2 is 2.29 bits per heavy atom. The van der Waals surface area contributed by atoms with Crippen molar-refractivity contribution >= 4 is 0 Å². The molecule has 1 aliphatic rings. The van der Waals surface area contributed by atoms with Gasteiger partial charge >= 0.3 is 0 Å². The zero-order valence-electron chi connectivity index (χ0n) is 13.4. The Labute approximate surface area is 127 Å². The van der Waals surface area contributed by atoms with E-state index in [1.807, 2.05) is 0 Å². The van der Waals surface area contributed by atoms with Gasteiger partial charge in [-0.25, -0.2) is 9.97 Å². The molecule has 0 radical (unpaired) electrons. The van der Waals surface area contributed by atoms with Crippen molar-refractivity contribution in [3.8, 4) is 5.75 Å². The van der Waals surface area contributed by atoms with Gasteiger partial charge in [0.25, 0.3) is 0 Å². The highest BCUT2D eigenvalue weighted by atomic mass is 16.5. The second kappa shape index (κ2) is 8.29. The van der Waals surface area contributed by atoms with E-state index >= 15 is 0 Å². The van der Waals surface area contributed by atoms with Crippen LogP contribution in [0.5, 0.6) is 5.75 Å². The minimum atomic E-state index is 0.204. The second-order valence-corrected chi connectivity index (χ2v) is 5.77. The number of ether oxygens (including phenoxy) is 2. The number of hydrogen-bond acceptors (Lipinski definition) is 5. The molecular weight excluding hydrogens is 266 g/mol. The number of rotatable bonds is 7. The predicted molar refractivity (Wildman–Crippen MR) is 82.6 cm³/mol. The van der Waals surface area contributed by atoms with E-state index in [1.54, 1.807) is 6.20 Å². The molecule has 0 spiro atoms. The highest BCUT2D eigenvalue weighted by Gasteiger charge is 2.16. The Balaban J connectivity index is 2.01. The highest BCUT2D eigenvalue weighted by Crippen LogP contribution is 2.20. The van der Waals surface area contributed by atoms with Crippen LogP contribution < -0.4 is 10.1 Å². The molecule has 1 aromatic rings. The first-order valence-electron chi connectivity index (χ1n) is 8.01. The van der Waals surface area contributed by atoms with Crippen LogP contribution in [0, 0.1) is 0 Å². The lowest BCUT2D eigenvalue weighted by atomic mass is 10.1. The standard InChI is InChI=1S/C16H27N3O2/c1-4-17-9-14-15(10-18-16(19-14)12(2)3)21-11-13-7-5-6-8-20-13/h10,12-13,17H,4-9,11H2,1-3H3. The van der Waals surface area contributed by atoms with Gasteiger partial charge in [0, 0.05) is 19.1 Å². The zero-order valence-corrected chi connectivity index (χ0v) is 13.4. The summed E-state index contributed by atoms with van der Waals surface area (Å²) in [5.74, 6) is 1.96. The topological polar surface area (TPSA) is 56.3 Å². The van der Waals surface area contributed by atoms with Crippen molar-refractivity contribution < 1.29 is 9.47 Å². The zero-order chi connectivity index (χ0) is 15.1. The number of nitrogens with one attached hydrogen (secondary N) is 1. The maximum Gasteiger partial charge on any atom is 0.160 e. The first-order valence-corrected chi connectivity index (χ1v) is 8.01. The van der Waals surface area contributed by atoms with Gasteiger partial charge in [-0.3, -0.25) is 0 Å². The van der Waals surface area contributed by atoms with Gasteiger partial charge in [0.15, 0.2) is 5.75 Å². The van der Waals surface area contributed by atoms with Crippen LogP contribution in [0.4, 0.5) is 0 Å². The van der Waals surface area contributed by atoms with E-state index in [9.17, 15) is 0 Å². The van der Waals surface area contributed by atoms with E-state index < -0.39 is 0 Å². The summed E-state index contributed by atoms with van der Waals surface area (Å²) in [7, 11) is 0. The molecule has 1 atom stereocenters. The van der Waals surface area contributed by atoms with E-state index in [2.05, 4.69) is 36.1 Å². The molecule has 0 amide bonds. The van der Waals surface area contributed by atoms with Crippen LogP contribution in [0.15, 0.2) is 6.20 Å². The Hall–Kier alpha value is -1.20. The summed E-state index contributed by atoms with van der Waals surface area (Å²) < 4.78 is 11.6. The van der Waals surface area contributed by atoms with Crippen molar-refractivity contribution in [2.45, 2.75) is 58.6 Å². The highest BCUT2D eigenvalue weighted by molar-refractivity contribution is 5.25. The Bertz CT molecular complexity index is 432. The summed E-state index contributed by atoms with van der Waals surface area (Å²) in [6.07, 6.45) is 5.47. The maximum atomic E-state index is 5.92. The van der Waals surface area contributed by atoms with Crippen molar-refractivity contribution in [2.24, 2.45) is 0 Å². The van der Waals surface area contributed by atoms with Crippen LogP contribution in [0.3, 0.4) is 0 Å². The normalized spacial score (nSPS) is 19.0. The van der Waals surface area contributed by atoms with Crippen LogP contribution in [0.1, 0.15) is 57.5 Å². The Morgan fingerprint density at radius 1 is 1.43 bits per heavy atom. The molecule has 1 saturated heterocycles. The summed E-state index contributed by atoms with van der Waals surface area (Å²) >= 11 is 0. The van der Waals surface area contributed by atoms with Crippen LogP contribution in [0.25, 0.3) is 0 Å². The summed E-state index contributed by atoms with van der Waals surface area (Å²) in [6, 6.07) is 0. The van der Waals surface area contributed by atoms with Crippen LogP contribution >= 0.6 is 0 Å². The molecule has 1 N–H and O–H groups in total. The molecule has 1 fully saturated rings. The van der Waals surface area contributed by atoms with Crippen molar-refractivity contribution in [1.82, 2.24) is 15.3 Å². The monoisotopic (exact) mass is 293 g/mol. The third-order valence-electron chi connectivity index (χ3n) is 3.61. The molecule has 0 aromatic carbocycles. The molecular formula is C16H27N3O2. The second-order valence-electron chi connectivity index (χ2n) is 5.77. The lowest BCUT2D eigenvalue weighted by Crippen LogP contribution is -2.26. The van der Waals surface area contributed by atoms with Crippen LogP contribution in [0.2, 0.25) is 0 Å². The van der Waals surface area contributed by atoms with E-state index in [0.717, 1.165) is 43.3 Å². The smallest absolute Gasteiger partial charge is 0.160 e. The van der Waals surface area contributed by atoms with Gasteiger partial charge in [-0.2, -0.15) is 0 Å². The van der Waals surface area contributed by atoms with E-state index in [1.165, 1.54) is 6.42 Å². The van der Waals surface area contributed by atoms with Gasteiger partial charge in [0.2, 0.25) is 0 Å². The van der Waals surface area contributed by atoms with E-state index in [-0.39, 0.29) is 6.10 Å². The first-order chi connectivity index (χ1) is 10.2. The summed E-state index contributed by atoms with van der Waals surface area (Å²) in [6.45, 7) is 9.34. The van der Waals surface area contributed by atoms with Crippen molar-refractivity contribution in [3.63, 3.8) is 0 Å². The van der Waals surface area contributed by atoms with Gasteiger partial charge in [0.1, 0.15) is 12.4 Å². The van der Waals surface area contributed by atoms with Crippen LogP contribution in [-0.2, 0) is 11.3 Å². The molecule has 2 rings (SSSR count). The molecule has 0 aliphatic carbocycles. The number of aromatic nitrogens is 2. The number of hydrogen-bond donors (Lipinski definition) is 1. The van der Waals surface area contributed by atoms with Crippen molar-refractivity contribution in [1.29, 1.82) is 0 Å². The molecule has 1 unspecified atom stereocenters. The number of nitrogens with zero attached hydrogens (tertiary/aromatic N) is 2. The summed E-state index contributed by atoms with van der Waals surface area (Å²) in [5, 5.41) is 3.31. The maximum absolute atomic E-state index is 5.92. The average Bonchev–Trinajstić information content (AvgIpc) is 2.52. The van der Waals surface area contributed by atoms with Crippen LogP contribution in [-0.4, -0.2) is 35.8 Å². The molecule has 1 aliphatic heterocycles. The largest absolute Gasteiger partial charge is 0.487 e. The summed E-state index contributed by atoms with van der Waals surface area (Å²) in [5.41, 5.74) is 0.936. The van der Waals surface area contributed by atoms with Gasteiger partial charge in [-0.15, -0.1) is 0 Å². The molecule has 118 valence electrons. The van der Waals surface area contributed by atoms with Crippen molar-refractivity contribution in [3.05, 3.63) is 17.7 Å². The minimum Gasteiger partial charge on any atom is -0.487 e. The Morgan fingerprint density at radius 3 is 2.95 bits per heavy atom. The fourth-order valence-corrected chi connectivity index (χ4v) is 2.31. The molecule has 5 heteroatoms. The third kappa shape index (κ3) is 4.93. The molecule has 0 saturated carbocycles. The average molecular weight is 293 g/mol. The molecule has 5 nitrogen and oxygen atoms in total. The molecule has 21 heavy (non-hydrogen) atoms. The van der Waals surface area contributed by atoms with E-state index in [4.69, 9.17) is 9.47 Å². The van der Waals surface area contributed by atoms with Crippen molar-refractivity contribution in [2.75, 3.05) is 19.8 Å². The first kappa shape index (κ1) is 16.2. The third-order valence-corrected chi connectivity index (χ3v) is 3.61. The summed E-state index contributed by atoms with van der Waals surface area (Å²) in [4.78, 5) is 9.04. The van der Waals surface area contributed by atoms with Gasteiger partial charge in [-0.1, -0.05) is 20.8 Å². The SMILES string of the molecule is CCNCc1nc(C(C)C)ncc1OCC1CCCCO1. The lowest BCUT2D eigenvalue weighted by molar-refractivity contribution is -0.0114. The fourth-order valence-electron chi connectivity index (χ4n) is 2.31. The fraction of sp³-hybridized carbons (Fsp3) is 0.750. The molecule has 2 heterocycles. The van der Waals surface area contributed by atoms with E-state index in [0.29, 0.717) is 19.1 Å². The van der Waals surface area contributed by atoms with Gasteiger partial charge in [0.05, 0.1) is 18.0 Å². The predicted octanol–water partition coefficient (Wildman–Crippen LogP) is 2.66. The lowest BCUT2D eigenvalue weighted by Gasteiger charge is -2.23. The molecule has 1 aromatic heterocycles. The minimum absolute atomic E-state index is 0.204.